The second-order valence-corrected chi connectivity index (χ2v) is 6.53. The van der Waals surface area contributed by atoms with Gasteiger partial charge in [-0.25, -0.2) is 0 Å². The van der Waals surface area contributed by atoms with Crippen molar-refractivity contribution in [3.63, 3.8) is 0 Å². The average Bonchev–Trinajstić information content (AvgIpc) is 3.08. The second kappa shape index (κ2) is 13.4. The fourth-order valence-corrected chi connectivity index (χ4v) is 2.62. The van der Waals surface area contributed by atoms with Crippen LogP contribution in [0.1, 0.15) is 55.4 Å². The molecular formula is C20H32IN5O2. The molecule has 0 saturated carbocycles. The molecule has 7 nitrogen and oxygen atoms in total. The minimum absolute atomic E-state index is 0. The number of guanidine groups is 1. The Balaban J connectivity index is 0.00000392. The summed E-state index contributed by atoms with van der Waals surface area (Å²) in [6.45, 7) is 7.88. The molecule has 2 N–H and O–H groups in total. The monoisotopic (exact) mass is 501 g/mol. The van der Waals surface area contributed by atoms with E-state index in [-0.39, 0.29) is 24.0 Å². The van der Waals surface area contributed by atoms with Crippen molar-refractivity contribution in [2.24, 2.45) is 4.99 Å². The lowest BCUT2D eigenvalue weighted by Gasteiger charge is -2.15. The van der Waals surface area contributed by atoms with E-state index >= 15 is 0 Å². The number of aromatic nitrogens is 2. The number of nitrogens with zero attached hydrogens (tertiary/aromatic N) is 3. The molecule has 156 valence electrons. The number of rotatable bonds is 10. The predicted octanol–water partition coefficient (Wildman–Crippen LogP) is 4.13. The van der Waals surface area contributed by atoms with Crippen molar-refractivity contribution < 1.29 is 9.26 Å². The van der Waals surface area contributed by atoms with Crippen LogP contribution in [0, 0.1) is 13.8 Å². The number of benzene rings is 1. The van der Waals surface area contributed by atoms with E-state index < -0.39 is 0 Å². The molecule has 1 aromatic carbocycles. The largest absolute Gasteiger partial charge is 0.493 e. The quantitative estimate of drug-likeness (QED) is 0.221. The fourth-order valence-electron chi connectivity index (χ4n) is 2.62. The van der Waals surface area contributed by atoms with Gasteiger partial charge in [-0.3, -0.25) is 4.99 Å². The highest BCUT2D eigenvalue weighted by Gasteiger charge is 2.08. The van der Waals surface area contributed by atoms with Gasteiger partial charge in [-0.2, -0.15) is 4.98 Å². The van der Waals surface area contributed by atoms with Crippen molar-refractivity contribution in [1.29, 1.82) is 0 Å². The molecule has 2 aromatic rings. The zero-order valence-electron chi connectivity index (χ0n) is 17.2. The highest BCUT2D eigenvalue weighted by molar-refractivity contribution is 14.0. The van der Waals surface area contributed by atoms with Crippen molar-refractivity contribution in [1.82, 2.24) is 20.8 Å². The Morgan fingerprint density at radius 1 is 1.14 bits per heavy atom. The van der Waals surface area contributed by atoms with Gasteiger partial charge >= 0.3 is 0 Å². The van der Waals surface area contributed by atoms with Crippen LogP contribution in [-0.4, -0.2) is 29.8 Å². The molecule has 0 unspecified atom stereocenters. The van der Waals surface area contributed by atoms with Crippen LogP contribution in [0.2, 0.25) is 0 Å². The summed E-state index contributed by atoms with van der Waals surface area (Å²) in [4.78, 5) is 8.40. The van der Waals surface area contributed by atoms with E-state index in [1.165, 1.54) is 24.8 Å². The van der Waals surface area contributed by atoms with Crippen LogP contribution in [0.5, 0.6) is 5.75 Å². The zero-order valence-corrected chi connectivity index (χ0v) is 19.6. The molecular weight excluding hydrogens is 469 g/mol. The maximum Gasteiger partial charge on any atom is 0.246 e. The molecule has 0 aliphatic rings. The second-order valence-electron chi connectivity index (χ2n) is 6.53. The van der Waals surface area contributed by atoms with Crippen LogP contribution in [0.3, 0.4) is 0 Å². The molecule has 0 fully saturated rings. The van der Waals surface area contributed by atoms with E-state index in [2.05, 4.69) is 57.8 Å². The third-order valence-electron chi connectivity index (χ3n) is 4.12. The van der Waals surface area contributed by atoms with E-state index in [4.69, 9.17) is 9.26 Å². The van der Waals surface area contributed by atoms with E-state index in [1.807, 2.05) is 0 Å². The zero-order chi connectivity index (χ0) is 19.5. The summed E-state index contributed by atoms with van der Waals surface area (Å²) >= 11 is 0. The Bertz CT molecular complexity index is 733. The smallest absolute Gasteiger partial charge is 0.246 e. The van der Waals surface area contributed by atoms with Crippen LogP contribution < -0.4 is 15.4 Å². The number of halogens is 1. The van der Waals surface area contributed by atoms with Crippen LogP contribution in [0.4, 0.5) is 0 Å². The maximum atomic E-state index is 6.03. The minimum atomic E-state index is 0. The number of aryl methyl sites for hydroxylation is 2. The van der Waals surface area contributed by atoms with Crippen LogP contribution in [-0.2, 0) is 13.1 Å². The van der Waals surface area contributed by atoms with Gasteiger partial charge in [-0.15, -0.1) is 24.0 Å². The van der Waals surface area contributed by atoms with Gasteiger partial charge in [0.05, 0.1) is 13.2 Å². The van der Waals surface area contributed by atoms with E-state index in [9.17, 15) is 0 Å². The molecule has 28 heavy (non-hydrogen) atoms. The first-order chi connectivity index (χ1) is 13.1. The van der Waals surface area contributed by atoms with Gasteiger partial charge in [0.15, 0.2) is 11.8 Å². The number of aliphatic imine (C=N–C) groups is 1. The molecule has 1 aromatic heterocycles. The normalized spacial score (nSPS) is 11.1. The number of ether oxygens (including phenoxy) is 1. The first-order valence-electron chi connectivity index (χ1n) is 9.58. The molecule has 8 heteroatoms. The Morgan fingerprint density at radius 2 is 1.93 bits per heavy atom. The molecule has 1 heterocycles. The van der Waals surface area contributed by atoms with Crippen molar-refractivity contribution >= 4 is 29.9 Å². The lowest BCUT2D eigenvalue weighted by atomic mass is 10.1. The first-order valence-corrected chi connectivity index (χ1v) is 9.58. The van der Waals surface area contributed by atoms with Gasteiger partial charge in [0.2, 0.25) is 5.89 Å². The Morgan fingerprint density at radius 3 is 2.61 bits per heavy atom. The highest BCUT2D eigenvalue weighted by atomic mass is 127. The summed E-state index contributed by atoms with van der Waals surface area (Å²) in [6.07, 6.45) is 4.78. The van der Waals surface area contributed by atoms with Gasteiger partial charge in [-0.1, -0.05) is 43.5 Å². The molecule has 0 radical (unpaired) electrons. The molecule has 0 spiro atoms. The lowest BCUT2D eigenvalue weighted by Crippen LogP contribution is -2.36. The standard InChI is InChI=1S/C20H31N5O2.HI/c1-5-6-7-8-11-26-18-12-15(2)9-10-17(18)13-22-20(21-4)23-14-19-24-16(3)25-27-19;/h9-10,12H,5-8,11,13-14H2,1-4H3,(H2,21,22,23);1H. The van der Waals surface area contributed by atoms with Crippen molar-refractivity contribution in [3.05, 3.63) is 41.0 Å². The lowest BCUT2D eigenvalue weighted by molar-refractivity contribution is 0.301. The van der Waals surface area contributed by atoms with Crippen LogP contribution in [0.15, 0.2) is 27.7 Å². The van der Waals surface area contributed by atoms with Gasteiger partial charge in [0, 0.05) is 19.2 Å². The Hall–Kier alpha value is -1.84. The number of hydrogen-bond acceptors (Lipinski definition) is 5. The van der Waals surface area contributed by atoms with E-state index in [0.29, 0.717) is 30.8 Å². The number of hydrogen-bond donors (Lipinski definition) is 2. The van der Waals surface area contributed by atoms with Gasteiger partial charge in [0.1, 0.15) is 5.75 Å². The predicted molar refractivity (Wildman–Crippen MR) is 122 cm³/mol. The number of nitrogens with one attached hydrogen (secondary N) is 2. The molecule has 0 aliphatic carbocycles. The summed E-state index contributed by atoms with van der Waals surface area (Å²) in [6, 6.07) is 6.28. The fraction of sp³-hybridized carbons (Fsp3) is 0.550. The Kier molecular flexibility index (Phi) is 11.5. The molecule has 0 atom stereocenters. The summed E-state index contributed by atoms with van der Waals surface area (Å²) in [5.74, 6) is 2.75. The average molecular weight is 501 g/mol. The topological polar surface area (TPSA) is 84.6 Å². The first kappa shape index (κ1) is 24.2. The van der Waals surface area contributed by atoms with Crippen molar-refractivity contribution in [2.45, 2.75) is 59.5 Å². The van der Waals surface area contributed by atoms with Crippen LogP contribution >= 0.6 is 24.0 Å². The SMILES string of the molecule is CCCCCCOc1cc(C)ccc1CNC(=NC)NCc1nc(C)no1.I. The molecule has 0 saturated heterocycles. The summed E-state index contributed by atoms with van der Waals surface area (Å²) in [5, 5.41) is 10.2. The summed E-state index contributed by atoms with van der Waals surface area (Å²) in [7, 11) is 1.73. The molecule has 2 rings (SSSR count). The molecule has 0 aliphatic heterocycles. The van der Waals surface area contributed by atoms with Crippen LogP contribution in [0.25, 0.3) is 0 Å². The third-order valence-corrected chi connectivity index (χ3v) is 4.12. The van der Waals surface area contributed by atoms with Crippen molar-refractivity contribution in [2.75, 3.05) is 13.7 Å². The van der Waals surface area contributed by atoms with E-state index in [1.54, 1.807) is 14.0 Å². The minimum Gasteiger partial charge on any atom is -0.493 e. The van der Waals surface area contributed by atoms with Gasteiger partial charge in [0.25, 0.3) is 0 Å². The summed E-state index contributed by atoms with van der Waals surface area (Å²) < 4.78 is 11.1. The van der Waals surface area contributed by atoms with E-state index in [0.717, 1.165) is 24.3 Å². The maximum absolute atomic E-state index is 6.03. The molecule has 0 amide bonds. The summed E-state index contributed by atoms with van der Waals surface area (Å²) in [5.41, 5.74) is 2.30. The third kappa shape index (κ3) is 8.45. The number of unbranched alkanes of at least 4 members (excludes halogenated alkanes) is 3. The van der Waals surface area contributed by atoms with Gasteiger partial charge < -0.3 is 19.9 Å². The highest BCUT2D eigenvalue weighted by Crippen LogP contribution is 2.21. The van der Waals surface area contributed by atoms with Crippen molar-refractivity contribution in [3.8, 4) is 5.75 Å². The molecule has 0 bridgehead atoms. The Labute approximate surface area is 184 Å². The van der Waals surface area contributed by atoms with Gasteiger partial charge in [-0.05, 0) is 31.9 Å².